The van der Waals surface area contributed by atoms with Crippen LogP contribution in [0.4, 0.5) is 0 Å². The molecular weight excluding hydrogens is 374 g/mol. The third-order valence-electron chi connectivity index (χ3n) is 4.45. The number of aromatic nitrogens is 2. The molecule has 8 heteroatoms. The van der Waals surface area contributed by atoms with Gasteiger partial charge in [0, 0.05) is 24.5 Å². The lowest BCUT2D eigenvalue weighted by Crippen LogP contribution is -2.36. The van der Waals surface area contributed by atoms with E-state index in [-0.39, 0.29) is 17.8 Å². The van der Waals surface area contributed by atoms with Crippen molar-refractivity contribution in [2.24, 2.45) is 7.05 Å². The molecular formula is C21H21N3O5. The third kappa shape index (κ3) is 4.26. The van der Waals surface area contributed by atoms with Gasteiger partial charge in [0.15, 0.2) is 11.8 Å². The minimum Gasteiger partial charge on any atom is -0.496 e. The molecule has 150 valence electrons. The van der Waals surface area contributed by atoms with Crippen LogP contribution < -0.4 is 15.6 Å². The molecule has 0 fully saturated rings. The van der Waals surface area contributed by atoms with E-state index in [0.717, 1.165) is 10.2 Å². The van der Waals surface area contributed by atoms with E-state index in [1.807, 2.05) is 18.2 Å². The molecule has 0 aliphatic carbocycles. The van der Waals surface area contributed by atoms with Gasteiger partial charge in [0.2, 0.25) is 0 Å². The van der Waals surface area contributed by atoms with Crippen molar-refractivity contribution in [2.45, 2.75) is 19.6 Å². The van der Waals surface area contributed by atoms with E-state index in [0.29, 0.717) is 16.5 Å². The summed E-state index contributed by atoms with van der Waals surface area (Å²) in [6.07, 6.45) is -1.05. The van der Waals surface area contributed by atoms with Crippen LogP contribution in [-0.4, -0.2) is 34.9 Å². The standard InChI is InChI=1S/C21H21N3O5/c1-13(19(25)22-12-14-8-4-7-11-17(14)28-3)29-21(27)18-15-9-5-6-10-16(15)20(26)24(2)23-18/h4-11,13H,12H2,1-3H3,(H,22,25)/t13-/m1/s1. The molecule has 0 saturated heterocycles. The lowest BCUT2D eigenvalue weighted by atomic mass is 10.1. The molecule has 0 saturated carbocycles. The molecule has 1 amide bonds. The Morgan fingerprint density at radius 3 is 2.48 bits per heavy atom. The zero-order valence-electron chi connectivity index (χ0n) is 16.3. The molecule has 3 aromatic rings. The number of methoxy groups -OCH3 is 1. The number of rotatable bonds is 6. The first-order valence-electron chi connectivity index (χ1n) is 8.99. The molecule has 0 aliphatic heterocycles. The van der Waals surface area contributed by atoms with Crippen LogP contribution in [0.3, 0.4) is 0 Å². The van der Waals surface area contributed by atoms with E-state index >= 15 is 0 Å². The number of para-hydroxylation sites is 1. The summed E-state index contributed by atoms with van der Waals surface area (Å²) in [5.74, 6) is -0.589. The Morgan fingerprint density at radius 2 is 1.76 bits per heavy atom. The monoisotopic (exact) mass is 395 g/mol. The second kappa shape index (κ2) is 8.55. The largest absolute Gasteiger partial charge is 0.496 e. The number of nitrogens with one attached hydrogen (secondary N) is 1. The molecule has 8 nitrogen and oxygen atoms in total. The van der Waals surface area contributed by atoms with Crippen molar-refractivity contribution in [2.75, 3.05) is 7.11 Å². The van der Waals surface area contributed by atoms with Crippen molar-refractivity contribution >= 4 is 22.6 Å². The molecule has 3 rings (SSSR count). The van der Waals surface area contributed by atoms with Crippen molar-refractivity contribution in [1.82, 2.24) is 15.1 Å². The molecule has 0 unspecified atom stereocenters. The first-order chi connectivity index (χ1) is 13.9. The molecule has 0 spiro atoms. The summed E-state index contributed by atoms with van der Waals surface area (Å²) in [4.78, 5) is 37.2. The Kier molecular flexibility index (Phi) is 5.92. The van der Waals surface area contributed by atoms with Crippen molar-refractivity contribution in [1.29, 1.82) is 0 Å². The highest BCUT2D eigenvalue weighted by atomic mass is 16.5. The number of fused-ring (bicyclic) bond motifs is 1. The molecule has 1 N–H and O–H groups in total. The van der Waals surface area contributed by atoms with Crippen molar-refractivity contribution < 1.29 is 19.1 Å². The van der Waals surface area contributed by atoms with Gasteiger partial charge >= 0.3 is 5.97 Å². The van der Waals surface area contributed by atoms with Crippen LogP contribution in [0.15, 0.2) is 53.3 Å². The average molecular weight is 395 g/mol. The summed E-state index contributed by atoms with van der Waals surface area (Å²) >= 11 is 0. The molecule has 2 aromatic carbocycles. The zero-order chi connectivity index (χ0) is 21.0. The molecule has 1 heterocycles. The minimum absolute atomic E-state index is 0.0212. The van der Waals surface area contributed by atoms with Gasteiger partial charge in [0.25, 0.3) is 11.5 Å². The van der Waals surface area contributed by atoms with Crippen LogP contribution in [0.2, 0.25) is 0 Å². The molecule has 1 aromatic heterocycles. The molecule has 0 aliphatic rings. The topological polar surface area (TPSA) is 99.5 Å². The molecule has 1 atom stereocenters. The predicted octanol–water partition coefficient (Wildman–Crippen LogP) is 1.80. The Bertz CT molecular complexity index is 1120. The summed E-state index contributed by atoms with van der Waals surface area (Å²) in [5.41, 5.74) is 0.458. The van der Waals surface area contributed by atoms with Gasteiger partial charge in [-0.25, -0.2) is 9.48 Å². The van der Waals surface area contributed by atoms with Gasteiger partial charge in [0.05, 0.1) is 12.5 Å². The number of ether oxygens (including phenoxy) is 2. The first kappa shape index (κ1) is 20.1. The number of esters is 1. The maximum atomic E-state index is 12.6. The Hall–Kier alpha value is -3.68. The Balaban J connectivity index is 1.72. The Morgan fingerprint density at radius 1 is 1.10 bits per heavy atom. The molecule has 0 radical (unpaired) electrons. The fourth-order valence-corrected chi connectivity index (χ4v) is 2.90. The maximum Gasteiger partial charge on any atom is 0.360 e. The number of hydrogen-bond acceptors (Lipinski definition) is 6. The van der Waals surface area contributed by atoms with E-state index in [2.05, 4.69) is 10.4 Å². The molecule has 0 bridgehead atoms. The first-order valence-corrected chi connectivity index (χ1v) is 8.99. The number of benzene rings is 2. The lowest BCUT2D eigenvalue weighted by molar-refractivity contribution is -0.129. The molecule has 29 heavy (non-hydrogen) atoms. The quantitative estimate of drug-likeness (QED) is 0.639. The number of nitrogens with zero attached hydrogens (tertiary/aromatic N) is 2. The number of hydrogen-bond donors (Lipinski definition) is 1. The summed E-state index contributed by atoms with van der Waals surface area (Å²) < 4.78 is 11.6. The normalized spacial score (nSPS) is 11.7. The van der Waals surface area contributed by atoms with Gasteiger partial charge in [-0.15, -0.1) is 0 Å². The second-order valence-corrected chi connectivity index (χ2v) is 6.40. The van der Waals surface area contributed by atoms with Crippen LogP contribution >= 0.6 is 0 Å². The smallest absolute Gasteiger partial charge is 0.360 e. The lowest BCUT2D eigenvalue weighted by Gasteiger charge is -2.15. The van der Waals surface area contributed by atoms with E-state index in [1.54, 1.807) is 37.4 Å². The van der Waals surface area contributed by atoms with E-state index in [1.165, 1.54) is 14.0 Å². The highest BCUT2D eigenvalue weighted by molar-refractivity contribution is 6.02. The van der Waals surface area contributed by atoms with Crippen LogP contribution in [0.1, 0.15) is 23.0 Å². The SMILES string of the molecule is COc1ccccc1CNC(=O)[C@@H](C)OC(=O)c1nn(C)c(=O)c2ccccc12. The second-order valence-electron chi connectivity index (χ2n) is 6.40. The van der Waals surface area contributed by atoms with Gasteiger partial charge in [0.1, 0.15) is 5.75 Å². The van der Waals surface area contributed by atoms with E-state index in [9.17, 15) is 14.4 Å². The minimum atomic E-state index is -1.05. The summed E-state index contributed by atoms with van der Waals surface area (Å²) in [7, 11) is 3.00. The van der Waals surface area contributed by atoms with Gasteiger partial charge in [-0.05, 0) is 19.1 Å². The van der Waals surface area contributed by atoms with Crippen LogP contribution in [0.5, 0.6) is 5.75 Å². The van der Waals surface area contributed by atoms with Gasteiger partial charge < -0.3 is 14.8 Å². The summed E-state index contributed by atoms with van der Waals surface area (Å²) in [6.45, 7) is 1.70. The highest BCUT2D eigenvalue weighted by Crippen LogP contribution is 2.17. The third-order valence-corrected chi connectivity index (χ3v) is 4.45. The summed E-state index contributed by atoms with van der Waals surface area (Å²) in [6, 6.07) is 13.9. The van der Waals surface area contributed by atoms with Crippen LogP contribution in [-0.2, 0) is 23.1 Å². The maximum absolute atomic E-state index is 12.6. The van der Waals surface area contributed by atoms with Crippen molar-refractivity contribution in [3.8, 4) is 5.75 Å². The Labute approximate surface area is 167 Å². The van der Waals surface area contributed by atoms with Crippen LogP contribution in [0.25, 0.3) is 10.8 Å². The number of aryl methyl sites for hydroxylation is 1. The average Bonchev–Trinajstić information content (AvgIpc) is 2.74. The number of carbonyl (C=O) groups is 2. The van der Waals surface area contributed by atoms with Gasteiger partial charge in [-0.2, -0.15) is 5.10 Å². The number of amides is 1. The highest BCUT2D eigenvalue weighted by Gasteiger charge is 2.23. The summed E-state index contributed by atoms with van der Waals surface area (Å²) in [5, 5.41) is 7.46. The van der Waals surface area contributed by atoms with Crippen LogP contribution in [0, 0.1) is 0 Å². The fraction of sp³-hybridized carbons (Fsp3) is 0.238. The predicted molar refractivity (Wildman–Crippen MR) is 107 cm³/mol. The number of carbonyl (C=O) groups excluding carboxylic acids is 2. The van der Waals surface area contributed by atoms with Crippen molar-refractivity contribution in [3.05, 3.63) is 70.1 Å². The van der Waals surface area contributed by atoms with E-state index in [4.69, 9.17) is 9.47 Å². The van der Waals surface area contributed by atoms with Crippen molar-refractivity contribution in [3.63, 3.8) is 0 Å². The van der Waals surface area contributed by atoms with E-state index < -0.39 is 18.0 Å². The zero-order valence-corrected chi connectivity index (χ0v) is 16.3. The van der Waals surface area contributed by atoms with Gasteiger partial charge in [-0.1, -0.05) is 36.4 Å². The van der Waals surface area contributed by atoms with Gasteiger partial charge in [-0.3, -0.25) is 9.59 Å². The fourth-order valence-electron chi connectivity index (χ4n) is 2.90.